The molecular weight excluding hydrogens is 303 g/mol. The van der Waals surface area contributed by atoms with Crippen molar-refractivity contribution >= 4 is 28.8 Å². The number of thiocarbonyl (C=S) groups is 1. The normalized spacial score (nSPS) is 18.4. The molecule has 4 N–H and O–H groups in total. The molecule has 1 fully saturated rings. The third kappa shape index (κ3) is 3.84. The fraction of sp³-hybridized carbons (Fsp3) is 0.385. The zero-order valence-corrected chi connectivity index (χ0v) is 11.8. The number of amides is 1. The Morgan fingerprint density at radius 3 is 2.71 bits per heavy atom. The summed E-state index contributed by atoms with van der Waals surface area (Å²) in [7, 11) is 0. The molecule has 8 heteroatoms. The summed E-state index contributed by atoms with van der Waals surface area (Å²) in [6, 6.07) is 3.53. The van der Waals surface area contributed by atoms with Crippen LogP contribution in [-0.2, 0) is 11.0 Å². The van der Waals surface area contributed by atoms with Gasteiger partial charge in [-0.1, -0.05) is 12.2 Å². The zero-order valence-electron chi connectivity index (χ0n) is 11.0. The highest BCUT2D eigenvalue weighted by Gasteiger charge is 2.34. The molecule has 0 spiro atoms. The molecule has 2 rings (SSSR count). The van der Waals surface area contributed by atoms with Gasteiger partial charge in [0.1, 0.15) is 4.99 Å². The molecule has 1 aromatic rings. The molecule has 1 amide bonds. The second kappa shape index (κ2) is 5.88. The van der Waals surface area contributed by atoms with E-state index in [2.05, 4.69) is 22.9 Å². The van der Waals surface area contributed by atoms with Gasteiger partial charge >= 0.3 is 6.18 Å². The summed E-state index contributed by atoms with van der Waals surface area (Å²) < 4.78 is 38.5. The van der Waals surface area contributed by atoms with Gasteiger partial charge in [0.25, 0.3) is 0 Å². The van der Waals surface area contributed by atoms with E-state index in [1.165, 1.54) is 12.1 Å². The van der Waals surface area contributed by atoms with Crippen LogP contribution in [-0.4, -0.2) is 23.5 Å². The predicted octanol–water partition coefficient (Wildman–Crippen LogP) is 2.03. The second-order valence-electron chi connectivity index (χ2n) is 4.81. The molecule has 21 heavy (non-hydrogen) atoms. The molecular formula is C13H14F3N3OS. The maximum atomic E-state index is 12.8. The van der Waals surface area contributed by atoms with Gasteiger partial charge in [0.2, 0.25) is 5.91 Å². The summed E-state index contributed by atoms with van der Waals surface area (Å²) in [6.07, 6.45) is -3.33. The Labute approximate surface area is 124 Å². The Morgan fingerprint density at radius 2 is 2.19 bits per heavy atom. The highest BCUT2D eigenvalue weighted by Crippen LogP contribution is 2.33. The molecule has 0 aromatic heterocycles. The summed E-state index contributed by atoms with van der Waals surface area (Å²) in [6.45, 7) is 0.438. The number of alkyl halides is 3. The second-order valence-corrected chi connectivity index (χ2v) is 5.25. The largest absolute Gasteiger partial charge is 0.417 e. The lowest BCUT2D eigenvalue weighted by Crippen LogP contribution is -2.31. The van der Waals surface area contributed by atoms with Gasteiger partial charge in [0.15, 0.2) is 0 Å². The average molecular weight is 317 g/mol. The molecule has 1 atom stereocenters. The number of halogens is 3. The monoisotopic (exact) mass is 317 g/mol. The van der Waals surface area contributed by atoms with Gasteiger partial charge in [-0.3, -0.25) is 4.79 Å². The number of nitrogens with two attached hydrogens (primary N) is 1. The Bertz CT molecular complexity index is 574. The molecule has 1 saturated heterocycles. The maximum absolute atomic E-state index is 12.8. The Hall–Kier alpha value is -1.83. The van der Waals surface area contributed by atoms with Crippen LogP contribution in [0.4, 0.5) is 18.9 Å². The molecule has 1 heterocycles. The van der Waals surface area contributed by atoms with E-state index in [1.807, 2.05) is 0 Å². The Balaban J connectivity index is 2.13. The molecule has 0 saturated carbocycles. The van der Waals surface area contributed by atoms with Crippen molar-refractivity contribution in [1.82, 2.24) is 5.32 Å². The van der Waals surface area contributed by atoms with Crippen LogP contribution in [0.25, 0.3) is 0 Å². The highest BCUT2D eigenvalue weighted by molar-refractivity contribution is 7.80. The molecule has 1 aliphatic heterocycles. The standard InChI is InChI=1S/C13H14F3N3OS/c14-13(15,16)10-3-1-7(5-9(10)12(17)21)18-6-8-2-4-11(20)19-8/h1,3,5,8,18H,2,4,6H2,(H2,17,21)(H,19,20). The predicted molar refractivity (Wildman–Crippen MR) is 77.0 cm³/mol. The molecule has 114 valence electrons. The maximum Gasteiger partial charge on any atom is 0.417 e. The first-order valence-corrected chi connectivity index (χ1v) is 6.72. The molecule has 1 unspecified atom stereocenters. The topological polar surface area (TPSA) is 67.1 Å². The van der Waals surface area contributed by atoms with Crippen LogP contribution in [0.1, 0.15) is 24.0 Å². The molecule has 0 bridgehead atoms. The summed E-state index contributed by atoms with van der Waals surface area (Å²) in [4.78, 5) is 10.8. The third-order valence-electron chi connectivity index (χ3n) is 3.23. The van der Waals surface area contributed by atoms with Crippen LogP contribution in [0.2, 0.25) is 0 Å². The smallest absolute Gasteiger partial charge is 0.389 e. The van der Waals surface area contributed by atoms with Gasteiger partial charge in [-0.05, 0) is 24.6 Å². The minimum Gasteiger partial charge on any atom is -0.389 e. The van der Waals surface area contributed by atoms with E-state index >= 15 is 0 Å². The average Bonchev–Trinajstić information content (AvgIpc) is 2.80. The highest BCUT2D eigenvalue weighted by atomic mass is 32.1. The number of anilines is 1. The number of nitrogens with one attached hydrogen (secondary N) is 2. The number of benzene rings is 1. The number of carbonyl (C=O) groups is 1. The van der Waals surface area contributed by atoms with E-state index in [1.54, 1.807) is 0 Å². The van der Waals surface area contributed by atoms with Crippen molar-refractivity contribution in [2.75, 3.05) is 11.9 Å². The van der Waals surface area contributed by atoms with E-state index in [9.17, 15) is 18.0 Å². The Kier molecular flexibility index (Phi) is 4.36. The first-order chi connectivity index (χ1) is 9.77. The van der Waals surface area contributed by atoms with Crippen LogP contribution >= 0.6 is 12.2 Å². The quantitative estimate of drug-likeness (QED) is 0.744. The van der Waals surface area contributed by atoms with E-state index in [4.69, 9.17) is 5.73 Å². The van der Waals surface area contributed by atoms with E-state index in [0.717, 1.165) is 6.07 Å². The van der Waals surface area contributed by atoms with Gasteiger partial charge < -0.3 is 16.4 Å². The first kappa shape index (κ1) is 15.6. The minimum absolute atomic E-state index is 0.0157. The molecule has 1 aliphatic rings. The van der Waals surface area contributed by atoms with Crippen molar-refractivity contribution < 1.29 is 18.0 Å². The Morgan fingerprint density at radius 1 is 1.48 bits per heavy atom. The SMILES string of the molecule is NC(=S)c1cc(NCC2CCC(=O)N2)ccc1C(F)(F)F. The third-order valence-corrected chi connectivity index (χ3v) is 3.45. The van der Waals surface area contributed by atoms with E-state index in [-0.39, 0.29) is 22.5 Å². The zero-order chi connectivity index (χ0) is 15.6. The van der Waals surface area contributed by atoms with Crippen molar-refractivity contribution in [3.63, 3.8) is 0 Å². The van der Waals surface area contributed by atoms with Crippen molar-refractivity contribution in [2.45, 2.75) is 25.1 Å². The molecule has 0 aliphatic carbocycles. The van der Waals surface area contributed by atoms with Crippen LogP contribution in [0.3, 0.4) is 0 Å². The summed E-state index contributed by atoms with van der Waals surface area (Å²) in [5, 5.41) is 5.75. The summed E-state index contributed by atoms with van der Waals surface area (Å²) >= 11 is 4.68. The van der Waals surface area contributed by atoms with Gasteiger partial charge in [0, 0.05) is 30.3 Å². The summed E-state index contributed by atoms with van der Waals surface area (Å²) in [5.41, 5.74) is 4.78. The number of carbonyl (C=O) groups excluding carboxylic acids is 1. The lowest BCUT2D eigenvalue weighted by atomic mass is 10.1. The van der Waals surface area contributed by atoms with Gasteiger partial charge in [-0.15, -0.1) is 0 Å². The molecule has 0 radical (unpaired) electrons. The van der Waals surface area contributed by atoms with E-state index < -0.39 is 11.7 Å². The molecule has 4 nitrogen and oxygen atoms in total. The van der Waals surface area contributed by atoms with Crippen LogP contribution in [0, 0.1) is 0 Å². The van der Waals surface area contributed by atoms with Gasteiger partial charge in [-0.25, -0.2) is 0 Å². The van der Waals surface area contributed by atoms with Gasteiger partial charge in [-0.2, -0.15) is 13.2 Å². The van der Waals surface area contributed by atoms with Crippen molar-refractivity contribution in [3.05, 3.63) is 29.3 Å². The number of hydrogen-bond donors (Lipinski definition) is 3. The van der Waals surface area contributed by atoms with Gasteiger partial charge in [0.05, 0.1) is 5.56 Å². The first-order valence-electron chi connectivity index (χ1n) is 6.31. The fourth-order valence-electron chi connectivity index (χ4n) is 2.18. The summed E-state index contributed by atoms with van der Waals surface area (Å²) in [5.74, 6) is -0.0157. The number of rotatable bonds is 4. The fourth-order valence-corrected chi connectivity index (χ4v) is 2.35. The minimum atomic E-state index is -4.50. The number of hydrogen-bond acceptors (Lipinski definition) is 3. The van der Waals surface area contributed by atoms with E-state index in [0.29, 0.717) is 25.1 Å². The van der Waals surface area contributed by atoms with Crippen LogP contribution in [0.5, 0.6) is 0 Å². The van der Waals surface area contributed by atoms with Crippen molar-refractivity contribution in [3.8, 4) is 0 Å². The lowest BCUT2D eigenvalue weighted by molar-refractivity contribution is -0.137. The van der Waals surface area contributed by atoms with Crippen LogP contribution in [0.15, 0.2) is 18.2 Å². The van der Waals surface area contributed by atoms with Crippen molar-refractivity contribution in [1.29, 1.82) is 0 Å². The van der Waals surface area contributed by atoms with Crippen molar-refractivity contribution in [2.24, 2.45) is 5.73 Å². The van der Waals surface area contributed by atoms with Crippen LogP contribution < -0.4 is 16.4 Å². The molecule has 1 aromatic carbocycles. The lowest BCUT2D eigenvalue weighted by Gasteiger charge is -2.16.